The van der Waals surface area contributed by atoms with Crippen LogP contribution in [0.1, 0.15) is 0 Å². The van der Waals surface area contributed by atoms with Gasteiger partial charge < -0.3 is 0 Å². The molecule has 11 aromatic rings. The van der Waals surface area contributed by atoms with E-state index in [0.29, 0.717) is 33.1 Å². The SMILES string of the molecule is O=c1c2ccc3c4ccc5c6c(ccc(c7ccc(c2c37)c2nc3cnccc3n12)c46)c(=O)n1c2ccncc2nc51. The van der Waals surface area contributed by atoms with E-state index in [1.54, 1.807) is 33.6 Å². The van der Waals surface area contributed by atoms with Gasteiger partial charge in [0.05, 0.1) is 23.4 Å². The van der Waals surface area contributed by atoms with E-state index in [9.17, 15) is 9.59 Å². The number of nitrogens with zero attached hydrogens (tertiary/aromatic N) is 6. The number of rotatable bonds is 0. The molecular weight excluding hydrogens is 524 g/mol. The zero-order chi connectivity index (χ0) is 27.4. The van der Waals surface area contributed by atoms with Gasteiger partial charge in [0.15, 0.2) is 0 Å². The minimum absolute atomic E-state index is 0.0927. The molecule has 192 valence electrons. The van der Waals surface area contributed by atoms with Gasteiger partial charge in [-0.2, -0.15) is 0 Å². The first-order valence-electron chi connectivity index (χ1n) is 13.6. The molecule has 0 aliphatic rings. The van der Waals surface area contributed by atoms with Crippen LogP contribution in [0.3, 0.4) is 0 Å². The number of pyridine rings is 4. The molecule has 0 saturated carbocycles. The molecule has 0 spiro atoms. The molecule has 0 aliphatic carbocycles. The molecule has 0 saturated heterocycles. The van der Waals surface area contributed by atoms with Gasteiger partial charge in [-0.15, -0.1) is 0 Å². The van der Waals surface area contributed by atoms with Gasteiger partial charge >= 0.3 is 0 Å². The normalized spacial score (nSPS) is 13.0. The number of imidazole rings is 2. The molecule has 0 amide bonds. The Morgan fingerprint density at radius 3 is 1.21 bits per heavy atom. The molecule has 6 heterocycles. The van der Waals surface area contributed by atoms with Gasteiger partial charge in [-0.05, 0) is 68.7 Å². The first kappa shape index (κ1) is 20.8. The Kier molecular flexibility index (Phi) is 3.29. The van der Waals surface area contributed by atoms with E-state index >= 15 is 0 Å². The van der Waals surface area contributed by atoms with Crippen molar-refractivity contribution in [2.24, 2.45) is 0 Å². The number of aromatic nitrogens is 6. The summed E-state index contributed by atoms with van der Waals surface area (Å²) in [6.07, 6.45) is 6.76. The highest BCUT2D eigenvalue weighted by Gasteiger charge is 2.23. The predicted molar refractivity (Wildman–Crippen MR) is 166 cm³/mol. The Balaban J connectivity index is 1.41. The lowest BCUT2D eigenvalue weighted by atomic mass is 9.86. The van der Waals surface area contributed by atoms with E-state index in [4.69, 9.17) is 9.97 Å². The quantitative estimate of drug-likeness (QED) is 0.173. The monoisotopic (exact) mass is 538 g/mol. The third kappa shape index (κ3) is 2.12. The lowest BCUT2D eigenvalue weighted by molar-refractivity contribution is 1.19. The average Bonchev–Trinajstić information content (AvgIpc) is 3.61. The van der Waals surface area contributed by atoms with Crippen LogP contribution in [0.25, 0.3) is 98.0 Å². The maximum Gasteiger partial charge on any atom is 0.264 e. The number of benzene rings is 5. The molecule has 0 radical (unpaired) electrons. The Labute approximate surface area is 232 Å². The highest BCUT2D eigenvalue weighted by molar-refractivity contribution is 6.40. The van der Waals surface area contributed by atoms with Crippen molar-refractivity contribution in [3.63, 3.8) is 0 Å². The van der Waals surface area contributed by atoms with Crippen LogP contribution in [-0.2, 0) is 0 Å². The first-order chi connectivity index (χ1) is 20.7. The Bertz CT molecular complexity index is 2890. The second-order valence-corrected chi connectivity index (χ2v) is 11.0. The van der Waals surface area contributed by atoms with Crippen LogP contribution >= 0.6 is 0 Å². The molecule has 0 N–H and O–H groups in total. The van der Waals surface area contributed by atoms with Crippen molar-refractivity contribution in [3.05, 3.63) is 106 Å². The highest BCUT2D eigenvalue weighted by atomic mass is 16.1. The largest absolute Gasteiger partial charge is 0.268 e. The van der Waals surface area contributed by atoms with Crippen molar-refractivity contribution < 1.29 is 0 Å². The van der Waals surface area contributed by atoms with E-state index < -0.39 is 0 Å². The fourth-order valence-electron chi connectivity index (χ4n) is 7.50. The van der Waals surface area contributed by atoms with Crippen LogP contribution in [0.4, 0.5) is 0 Å². The topological polar surface area (TPSA) is 94.5 Å². The molecule has 0 aliphatic heterocycles. The van der Waals surface area contributed by atoms with E-state index in [0.717, 1.165) is 64.9 Å². The van der Waals surface area contributed by atoms with Crippen molar-refractivity contribution in [2.75, 3.05) is 0 Å². The van der Waals surface area contributed by atoms with Gasteiger partial charge in [0.2, 0.25) is 0 Å². The Hall–Kier alpha value is -6.02. The Morgan fingerprint density at radius 2 is 0.786 bits per heavy atom. The summed E-state index contributed by atoms with van der Waals surface area (Å²) < 4.78 is 3.40. The van der Waals surface area contributed by atoms with Crippen molar-refractivity contribution in [2.45, 2.75) is 0 Å². The maximum atomic E-state index is 13.9. The summed E-state index contributed by atoms with van der Waals surface area (Å²) in [5.74, 6) is 0. The van der Waals surface area contributed by atoms with Crippen LogP contribution in [-0.4, -0.2) is 28.7 Å². The van der Waals surface area contributed by atoms with Crippen LogP contribution in [0.2, 0.25) is 0 Å². The molecule has 42 heavy (non-hydrogen) atoms. The third-order valence-electron chi connectivity index (χ3n) is 9.16. The summed E-state index contributed by atoms with van der Waals surface area (Å²) in [6.45, 7) is 0. The van der Waals surface area contributed by atoms with Gasteiger partial charge in [0.1, 0.15) is 22.3 Å². The van der Waals surface area contributed by atoms with E-state index in [-0.39, 0.29) is 11.1 Å². The molecule has 8 nitrogen and oxygen atoms in total. The zero-order valence-electron chi connectivity index (χ0n) is 21.6. The predicted octanol–water partition coefficient (Wildman–Crippen LogP) is 6.03. The van der Waals surface area contributed by atoms with Gasteiger partial charge in [-0.3, -0.25) is 28.4 Å². The minimum Gasteiger partial charge on any atom is -0.268 e. The summed E-state index contributed by atoms with van der Waals surface area (Å²) in [5.41, 5.74) is 3.96. The fraction of sp³-hybridized carbons (Fsp3) is 0. The Morgan fingerprint density at radius 1 is 0.429 bits per heavy atom. The van der Waals surface area contributed by atoms with Crippen LogP contribution in [0.15, 0.2) is 95.0 Å². The van der Waals surface area contributed by atoms with Crippen LogP contribution in [0, 0.1) is 0 Å². The molecule has 0 unspecified atom stereocenters. The van der Waals surface area contributed by atoms with E-state index in [1.165, 1.54) is 0 Å². The number of hydrogen-bond donors (Lipinski definition) is 0. The zero-order valence-corrected chi connectivity index (χ0v) is 21.6. The van der Waals surface area contributed by atoms with Gasteiger partial charge in [-0.25, -0.2) is 9.97 Å². The molecule has 0 fully saturated rings. The molecule has 8 heteroatoms. The maximum absolute atomic E-state index is 13.9. The summed E-state index contributed by atoms with van der Waals surface area (Å²) in [6, 6.07) is 20.0. The van der Waals surface area contributed by atoms with Crippen molar-refractivity contribution in [1.82, 2.24) is 28.7 Å². The van der Waals surface area contributed by atoms with Crippen LogP contribution < -0.4 is 11.1 Å². The van der Waals surface area contributed by atoms with E-state index in [1.807, 2.05) is 36.4 Å². The number of hydrogen-bond acceptors (Lipinski definition) is 6. The first-order valence-corrected chi connectivity index (χ1v) is 13.6. The summed E-state index contributed by atoms with van der Waals surface area (Å²) in [5, 5.41) is 11.2. The summed E-state index contributed by atoms with van der Waals surface area (Å²) in [4.78, 5) is 46.0. The highest BCUT2D eigenvalue weighted by Crippen LogP contribution is 2.45. The van der Waals surface area contributed by atoms with Gasteiger partial charge in [0, 0.05) is 44.7 Å². The standard InChI is InChI=1S/C34H14N6O2/c41-33-21-8-4-18-16-2-6-20-30-22(34(42)40-26-10-12-36-14-24(26)38-32(20)40)7-3-17(28(16)30)15-1-5-19(29(21)27(15)18)31-37-23-13-35-11-9-25(23)39(31)33/h1-14H. The molecular formula is C34H14N6O2. The second kappa shape index (κ2) is 6.64. The molecule has 11 rings (SSSR count). The molecule has 0 atom stereocenters. The van der Waals surface area contributed by atoms with Crippen LogP contribution in [0.5, 0.6) is 0 Å². The van der Waals surface area contributed by atoms with Crippen molar-refractivity contribution in [1.29, 1.82) is 0 Å². The smallest absolute Gasteiger partial charge is 0.264 e. The minimum atomic E-state index is -0.0927. The fourth-order valence-corrected chi connectivity index (χ4v) is 7.50. The van der Waals surface area contributed by atoms with Crippen molar-refractivity contribution in [3.8, 4) is 0 Å². The average molecular weight is 539 g/mol. The van der Waals surface area contributed by atoms with E-state index in [2.05, 4.69) is 34.2 Å². The van der Waals surface area contributed by atoms with Gasteiger partial charge in [-0.1, -0.05) is 24.3 Å². The van der Waals surface area contributed by atoms with Crippen molar-refractivity contribution >= 4 is 98.0 Å². The molecule has 0 bridgehead atoms. The number of fused-ring (bicyclic) bond motifs is 10. The lowest BCUT2D eigenvalue weighted by Crippen LogP contribution is -2.14. The summed E-state index contributed by atoms with van der Waals surface area (Å²) in [7, 11) is 0. The third-order valence-corrected chi connectivity index (χ3v) is 9.16. The van der Waals surface area contributed by atoms with Gasteiger partial charge in [0.25, 0.3) is 11.1 Å². The lowest BCUT2D eigenvalue weighted by Gasteiger charge is -2.18. The molecule has 6 aromatic heterocycles. The second-order valence-electron chi connectivity index (χ2n) is 11.0. The molecule has 5 aromatic carbocycles. The summed E-state index contributed by atoms with van der Waals surface area (Å²) >= 11 is 0.